The number of amides is 1. The summed E-state index contributed by atoms with van der Waals surface area (Å²) in [7, 11) is -2.28. The number of hydrogen-bond donors (Lipinski definition) is 2. The number of carbonyl (C=O) groups is 1. The van der Waals surface area contributed by atoms with E-state index in [1.165, 1.54) is 7.05 Å². The minimum absolute atomic E-state index is 0.249. The summed E-state index contributed by atoms with van der Waals surface area (Å²) < 4.78 is 30.4. The maximum absolute atomic E-state index is 12.4. The Morgan fingerprint density at radius 2 is 2.17 bits per heavy atom. The zero-order chi connectivity index (χ0) is 17.9. The molecule has 136 valence electrons. The van der Waals surface area contributed by atoms with E-state index in [1.807, 2.05) is 27.0 Å². The van der Waals surface area contributed by atoms with Crippen LogP contribution < -0.4 is 10.0 Å². The third-order valence-corrected chi connectivity index (χ3v) is 5.98. The fourth-order valence-electron chi connectivity index (χ4n) is 2.86. The molecular weight excluding hydrogens is 330 g/mol. The molecule has 1 saturated heterocycles. The summed E-state index contributed by atoms with van der Waals surface area (Å²) in [6.45, 7) is 7.13. The van der Waals surface area contributed by atoms with Crippen LogP contribution in [-0.4, -0.2) is 48.0 Å². The Balaban J connectivity index is 2.22. The second-order valence-electron chi connectivity index (χ2n) is 6.11. The molecule has 1 fully saturated rings. The van der Waals surface area contributed by atoms with Crippen LogP contribution in [0.15, 0.2) is 6.20 Å². The predicted molar refractivity (Wildman–Crippen MR) is 91.5 cm³/mol. The third-order valence-electron chi connectivity index (χ3n) is 4.38. The molecule has 1 aliphatic rings. The quantitative estimate of drug-likeness (QED) is 0.733. The molecule has 9 heteroatoms. The number of aromatic nitrogens is 2. The molecule has 1 aromatic rings. The molecule has 0 spiro atoms. The standard InChI is InChI=1S/C15H27N5O3S/c1-5-7-8-16-15(21)14-9-13(18-24(22,23)19(14)4)12-10-20(6-2)17-11(12)3/h10,13-14,18H,5-9H2,1-4H3,(H,16,21)/t13-,14-/m0/s1. The van der Waals surface area contributed by atoms with Crippen molar-refractivity contribution >= 4 is 16.1 Å². The molecule has 2 atom stereocenters. The highest BCUT2D eigenvalue weighted by molar-refractivity contribution is 7.87. The Morgan fingerprint density at radius 1 is 1.46 bits per heavy atom. The molecule has 0 unspecified atom stereocenters. The molecule has 2 rings (SSSR count). The van der Waals surface area contributed by atoms with Crippen LogP contribution in [0.4, 0.5) is 0 Å². The number of carbonyl (C=O) groups excluding carboxylic acids is 1. The Morgan fingerprint density at radius 3 is 2.75 bits per heavy atom. The Kier molecular flexibility index (Phi) is 6.00. The van der Waals surface area contributed by atoms with Gasteiger partial charge in [0.25, 0.3) is 10.2 Å². The fraction of sp³-hybridized carbons (Fsp3) is 0.733. The molecule has 0 radical (unpaired) electrons. The van der Waals surface area contributed by atoms with Crippen LogP contribution in [-0.2, 0) is 21.5 Å². The van der Waals surface area contributed by atoms with Crippen LogP contribution in [0.3, 0.4) is 0 Å². The van der Waals surface area contributed by atoms with E-state index >= 15 is 0 Å². The van der Waals surface area contributed by atoms with E-state index in [9.17, 15) is 13.2 Å². The number of hydrogen-bond acceptors (Lipinski definition) is 4. The van der Waals surface area contributed by atoms with Crippen LogP contribution in [0.2, 0.25) is 0 Å². The monoisotopic (exact) mass is 357 g/mol. The van der Waals surface area contributed by atoms with Crippen molar-refractivity contribution in [3.8, 4) is 0 Å². The lowest BCUT2D eigenvalue weighted by Gasteiger charge is -2.36. The second kappa shape index (κ2) is 7.62. The first-order valence-corrected chi connectivity index (χ1v) is 9.81. The molecule has 8 nitrogen and oxygen atoms in total. The van der Waals surface area contributed by atoms with Crippen molar-refractivity contribution < 1.29 is 13.2 Å². The van der Waals surface area contributed by atoms with Crippen LogP contribution in [0.1, 0.15) is 50.4 Å². The minimum atomic E-state index is -3.71. The number of nitrogens with one attached hydrogen (secondary N) is 2. The van der Waals surface area contributed by atoms with Crippen LogP contribution in [0, 0.1) is 6.92 Å². The maximum atomic E-state index is 12.4. The average Bonchev–Trinajstić information content (AvgIpc) is 2.91. The van der Waals surface area contributed by atoms with Gasteiger partial charge in [-0.05, 0) is 26.7 Å². The van der Waals surface area contributed by atoms with Gasteiger partial charge in [-0.3, -0.25) is 9.48 Å². The molecule has 1 aromatic heterocycles. The van der Waals surface area contributed by atoms with E-state index < -0.39 is 22.3 Å². The second-order valence-corrected chi connectivity index (χ2v) is 7.88. The summed E-state index contributed by atoms with van der Waals surface area (Å²) in [5, 5.41) is 7.20. The first-order chi connectivity index (χ1) is 11.3. The van der Waals surface area contributed by atoms with E-state index in [1.54, 1.807) is 4.68 Å². The highest BCUT2D eigenvalue weighted by Gasteiger charge is 2.41. The van der Waals surface area contributed by atoms with E-state index in [4.69, 9.17) is 0 Å². The summed E-state index contributed by atoms with van der Waals surface area (Å²) in [6, 6.07) is -1.17. The Bertz CT molecular complexity index is 685. The van der Waals surface area contributed by atoms with Crippen LogP contribution in [0.25, 0.3) is 0 Å². The summed E-state index contributed by atoms with van der Waals surface area (Å²) in [4.78, 5) is 12.4. The normalized spacial score (nSPS) is 24.0. The van der Waals surface area contributed by atoms with Gasteiger partial charge in [0.2, 0.25) is 5.91 Å². The van der Waals surface area contributed by atoms with Crippen LogP contribution in [0.5, 0.6) is 0 Å². The SMILES string of the molecule is CCCCNC(=O)[C@@H]1C[C@@H](c2cn(CC)nc2C)NS(=O)(=O)N1C. The zero-order valence-electron chi connectivity index (χ0n) is 14.7. The predicted octanol–water partition coefficient (Wildman–Crippen LogP) is 0.707. The van der Waals surface area contributed by atoms with Crippen molar-refractivity contribution in [2.45, 2.75) is 58.7 Å². The Hall–Kier alpha value is -1.45. The summed E-state index contributed by atoms with van der Waals surface area (Å²) in [5.41, 5.74) is 1.60. The third kappa shape index (κ3) is 3.96. The van der Waals surface area contributed by atoms with Gasteiger partial charge >= 0.3 is 0 Å². The maximum Gasteiger partial charge on any atom is 0.280 e. The van der Waals surface area contributed by atoms with Gasteiger partial charge in [0.05, 0.1) is 11.7 Å². The highest BCUT2D eigenvalue weighted by atomic mass is 32.2. The number of likely N-dealkylation sites (N-methyl/N-ethyl adjacent to an activating group) is 1. The number of unbranched alkanes of at least 4 members (excludes halogenated alkanes) is 1. The first-order valence-electron chi connectivity index (χ1n) is 8.37. The van der Waals surface area contributed by atoms with E-state index in [0.717, 1.165) is 28.4 Å². The van der Waals surface area contributed by atoms with Gasteiger partial charge in [0.15, 0.2) is 0 Å². The van der Waals surface area contributed by atoms with Crippen molar-refractivity contribution in [1.29, 1.82) is 0 Å². The van der Waals surface area contributed by atoms with E-state index in [-0.39, 0.29) is 5.91 Å². The lowest BCUT2D eigenvalue weighted by Crippen LogP contribution is -2.57. The molecule has 0 aromatic carbocycles. The summed E-state index contributed by atoms with van der Waals surface area (Å²) >= 11 is 0. The topological polar surface area (TPSA) is 96.3 Å². The van der Waals surface area contributed by atoms with E-state index in [0.29, 0.717) is 19.5 Å². The molecule has 0 aliphatic carbocycles. The minimum Gasteiger partial charge on any atom is -0.355 e. The molecule has 2 N–H and O–H groups in total. The summed E-state index contributed by atoms with van der Waals surface area (Å²) in [6.07, 6.45) is 4.07. The van der Waals surface area contributed by atoms with Crippen molar-refractivity contribution in [3.05, 3.63) is 17.5 Å². The summed E-state index contributed by atoms with van der Waals surface area (Å²) in [5.74, 6) is -0.249. The van der Waals surface area contributed by atoms with Gasteiger partial charge in [0, 0.05) is 31.9 Å². The van der Waals surface area contributed by atoms with Gasteiger partial charge in [-0.15, -0.1) is 0 Å². The van der Waals surface area contributed by atoms with Gasteiger partial charge in [-0.25, -0.2) is 0 Å². The molecular formula is C15H27N5O3S. The molecule has 0 bridgehead atoms. The molecule has 2 heterocycles. The van der Waals surface area contributed by atoms with Crippen LogP contribution >= 0.6 is 0 Å². The lowest BCUT2D eigenvalue weighted by atomic mass is 10.00. The lowest BCUT2D eigenvalue weighted by molar-refractivity contribution is -0.125. The van der Waals surface area contributed by atoms with Crippen molar-refractivity contribution in [1.82, 2.24) is 24.1 Å². The van der Waals surface area contributed by atoms with Crippen molar-refractivity contribution in [2.75, 3.05) is 13.6 Å². The number of rotatable bonds is 6. The molecule has 1 amide bonds. The smallest absolute Gasteiger partial charge is 0.280 e. The average molecular weight is 357 g/mol. The van der Waals surface area contributed by atoms with Gasteiger partial charge in [-0.1, -0.05) is 13.3 Å². The first kappa shape index (κ1) is 18.9. The van der Waals surface area contributed by atoms with Gasteiger partial charge in [0.1, 0.15) is 6.04 Å². The van der Waals surface area contributed by atoms with Crippen molar-refractivity contribution in [2.24, 2.45) is 0 Å². The largest absolute Gasteiger partial charge is 0.355 e. The molecule has 1 aliphatic heterocycles. The Labute approximate surface area is 143 Å². The number of nitrogens with zero attached hydrogens (tertiary/aromatic N) is 3. The molecule has 24 heavy (non-hydrogen) atoms. The highest BCUT2D eigenvalue weighted by Crippen LogP contribution is 2.29. The van der Waals surface area contributed by atoms with E-state index in [2.05, 4.69) is 15.1 Å². The number of aryl methyl sites for hydroxylation is 2. The van der Waals surface area contributed by atoms with Gasteiger partial charge < -0.3 is 5.32 Å². The zero-order valence-corrected chi connectivity index (χ0v) is 15.6. The van der Waals surface area contributed by atoms with Crippen molar-refractivity contribution in [3.63, 3.8) is 0 Å². The van der Waals surface area contributed by atoms with Gasteiger partial charge in [-0.2, -0.15) is 22.5 Å². The molecule has 0 saturated carbocycles. The fourth-order valence-corrected chi connectivity index (χ4v) is 4.12.